The van der Waals surface area contributed by atoms with Crippen LogP contribution >= 0.6 is 0 Å². The first-order valence-electron chi connectivity index (χ1n) is 12.6. The summed E-state index contributed by atoms with van der Waals surface area (Å²) in [5.41, 5.74) is 0.0558. The van der Waals surface area contributed by atoms with Gasteiger partial charge in [-0.15, -0.1) is 24.7 Å². The average molecular weight is 524 g/mol. The van der Waals surface area contributed by atoms with E-state index in [1.54, 1.807) is 6.07 Å². The van der Waals surface area contributed by atoms with E-state index < -0.39 is 29.7 Å². The molecule has 4 rings (SSSR count). The van der Waals surface area contributed by atoms with Crippen molar-refractivity contribution in [2.24, 2.45) is 5.92 Å². The molecule has 200 valence electrons. The van der Waals surface area contributed by atoms with Crippen LogP contribution in [0.15, 0.2) is 23.1 Å². The quantitative estimate of drug-likeness (QED) is 0.304. The number of pyridine rings is 1. The van der Waals surface area contributed by atoms with Crippen LogP contribution in [0.3, 0.4) is 0 Å². The van der Waals surface area contributed by atoms with E-state index in [0.717, 1.165) is 25.9 Å². The molecule has 2 heterocycles. The lowest BCUT2D eigenvalue weighted by molar-refractivity contribution is -0.0837. The molecule has 1 aromatic carbocycles. The summed E-state index contributed by atoms with van der Waals surface area (Å²) in [5.74, 6) is 3.18. The smallest absolute Gasteiger partial charge is 0.434 e. The summed E-state index contributed by atoms with van der Waals surface area (Å²) in [6.07, 6.45) is 12.0. The van der Waals surface area contributed by atoms with E-state index in [1.165, 1.54) is 19.2 Å². The zero-order valence-corrected chi connectivity index (χ0v) is 21.2. The van der Waals surface area contributed by atoms with E-state index in [0.29, 0.717) is 37.1 Å². The number of ether oxygens (including phenoxy) is 3. The number of aromatic nitrogens is 1. The first-order chi connectivity index (χ1) is 18.3. The van der Waals surface area contributed by atoms with Crippen molar-refractivity contribution in [2.45, 2.75) is 44.9 Å². The largest absolute Gasteiger partial charge is 0.511 e. The van der Waals surface area contributed by atoms with Crippen molar-refractivity contribution < 1.29 is 28.2 Å². The van der Waals surface area contributed by atoms with Gasteiger partial charge >= 0.3 is 12.1 Å². The van der Waals surface area contributed by atoms with Crippen LogP contribution < -0.4 is 15.6 Å². The molecule has 10 heteroatoms. The minimum Gasteiger partial charge on any atom is -0.434 e. The minimum absolute atomic E-state index is 0.0494. The molecule has 1 saturated carbocycles. The second-order valence-corrected chi connectivity index (χ2v) is 9.40. The first-order valence-corrected chi connectivity index (χ1v) is 12.6. The molecule has 2 aromatic rings. The number of rotatable bonds is 9. The van der Waals surface area contributed by atoms with Gasteiger partial charge in [-0.25, -0.2) is 14.0 Å². The molecule has 0 spiro atoms. The van der Waals surface area contributed by atoms with Crippen molar-refractivity contribution in [1.29, 1.82) is 0 Å². The molecule has 1 atom stereocenters. The molecule has 9 nitrogen and oxygen atoms in total. The number of terminal acetylenes is 2. The van der Waals surface area contributed by atoms with Gasteiger partial charge in [0.15, 0.2) is 0 Å². The maximum absolute atomic E-state index is 15.1. The van der Waals surface area contributed by atoms with Gasteiger partial charge in [-0.3, -0.25) is 4.79 Å². The van der Waals surface area contributed by atoms with Crippen molar-refractivity contribution in [1.82, 2.24) is 9.88 Å². The summed E-state index contributed by atoms with van der Waals surface area (Å²) in [7, 11) is 0. The second-order valence-electron chi connectivity index (χ2n) is 9.40. The first kappa shape index (κ1) is 27.0. The van der Waals surface area contributed by atoms with Gasteiger partial charge in [0.2, 0.25) is 11.7 Å². The molecule has 2 fully saturated rings. The molecule has 2 aliphatic rings. The summed E-state index contributed by atoms with van der Waals surface area (Å²) in [5, 5.41) is 3.32. The Kier molecular flexibility index (Phi) is 8.55. The Labute approximate surface area is 220 Å². The van der Waals surface area contributed by atoms with Crippen molar-refractivity contribution in [3.05, 3.63) is 39.9 Å². The molecule has 1 saturated heterocycles. The number of nitrogens with one attached hydrogen (secondary N) is 1. The van der Waals surface area contributed by atoms with E-state index >= 15 is 4.39 Å². The van der Waals surface area contributed by atoms with Gasteiger partial charge in [-0.2, -0.15) is 0 Å². The fourth-order valence-electron chi connectivity index (χ4n) is 4.42. The van der Waals surface area contributed by atoms with Gasteiger partial charge in [-0.1, -0.05) is 0 Å². The molecule has 1 unspecified atom stereocenters. The van der Waals surface area contributed by atoms with E-state index in [-0.39, 0.29) is 29.5 Å². The van der Waals surface area contributed by atoms with E-state index in [4.69, 9.17) is 27.1 Å². The Morgan fingerprint density at radius 3 is 2.47 bits per heavy atom. The van der Waals surface area contributed by atoms with Crippen molar-refractivity contribution in [2.75, 3.05) is 37.7 Å². The highest BCUT2D eigenvalue weighted by Gasteiger charge is 2.29. The highest BCUT2D eigenvalue weighted by atomic mass is 19.1. The van der Waals surface area contributed by atoms with Crippen LogP contribution in [-0.4, -0.2) is 55.8 Å². The standard InChI is InChI=1S/C28H30FN3O6/c1-4-6-19(7-5-2)17-36-28(35)38-18(3)37-27(34)22-16-32(20-8-9-20)24-15-25(31-12-10-30-11-13-31)23(29)14-21(24)26(22)33/h1-2,14-16,18-20,30H,6-13,17H2,3H3. The highest BCUT2D eigenvalue weighted by Crippen LogP contribution is 2.38. The number of halogens is 1. The Morgan fingerprint density at radius 2 is 1.84 bits per heavy atom. The summed E-state index contributed by atoms with van der Waals surface area (Å²) < 4.78 is 32.2. The molecule has 1 aliphatic heterocycles. The van der Waals surface area contributed by atoms with Crippen LogP contribution in [0.4, 0.5) is 14.9 Å². The fourth-order valence-corrected chi connectivity index (χ4v) is 4.42. The lowest BCUT2D eigenvalue weighted by atomic mass is 10.0. The third-order valence-corrected chi connectivity index (χ3v) is 6.50. The van der Waals surface area contributed by atoms with Gasteiger partial charge in [0, 0.05) is 69.5 Å². The Morgan fingerprint density at radius 1 is 1.16 bits per heavy atom. The zero-order chi connectivity index (χ0) is 27.2. The lowest BCUT2D eigenvalue weighted by Crippen LogP contribution is -2.43. The van der Waals surface area contributed by atoms with Gasteiger partial charge in [0.25, 0.3) is 0 Å². The number of carbonyl (C=O) groups excluding carboxylic acids is 2. The SMILES string of the molecule is C#CCC(CC#C)COC(=O)OC(C)OC(=O)c1cn(C2CC2)c2cc(N3CCNCC3)c(F)cc2c1=O. The number of piperazine rings is 1. The molecule has 0 amide bonds. The van der Waals surface area contributed by atoms with Gasteiger partial charge in [0.1, 0.15) is 11.4 Å². The molecule has 1 aromatic heterocycles. The topological polar surface area (TPSA) is 99.1 Å². The maximum atomic E-state index is 15.1. The number of esters is 1. The number of fused-ring (bicyclic) bond motifs is 1. The third-order valence-electron chi connectivity index (χ3n) is 6.50. The number of anilines is 1. The van der Waals surface area contributed by atoms with E-state index in [1.807, 2.05) is 9.47 Å². The monoisotopic (exact) mass is 523 g/mol. The summed E-state index contributed by atoms with van der Waals surface area (Å²) >= 11 is 0. The Hall–Kier alpha value is -4.02. The fraction of sp³-hybridized carbons (Fsp3) is 0.464. The van der Waals surface area contributed by atoms with Gasteiger partial charge in [0.05, 0.1) is 17.8 Å². The lowest BCUT2D eigenvalue weighted by Gasteiger charge is -2.30. The molecule has 38 heavy (non-hydrogen) atoms. The summed E-state index contributed by atoms with van der Waals surface area (Å²) in [6.45, 7) is 4.04. The average Bonchev–Trinajstić information content (AvgIpc) is 3.73. The van der Waals surface area contributed by atoms with Gasteiger partial charge < -0.3 is 29.0 Å². The number of nitrogens with zero attached hydrogens (tertiary/aromatic N) is 2. The number of hydrogen-bond donors (Lipinski definition) is 1. The zero-order valence-electron chi connectivity index (χ0n) is 21.2. The van der Waals surface area contributed by atoms with Crippen LogP contribution in [0.2, 0.25) is 0 Å². The number of carbonyl (C=O) groups is 2. The van der Waals surface area contributed by atoms with E-state index in [9.17, 15) is 14.4 Å². The minimum atomic E-state index is -1.34. The van der Waals surface area contributed by atoms with E-state index in [2.05, 4.69) is 17.2 Å². The van der Waals surface area contributed by atoms with Crippen molar-refractivity contribution >= 4 is 28.7 Å². The predicted octanol–water partition coefficient (Wildman–Crippen LogP) is 3.20. The predicted molar refractivity (Wildman–Crippen MR) is 139 cm³/mol. The van der Waals surface area contributed by atoms with Crippen LogP contribution in [0.25, 0.3) is 10.9 Å². The number of benzene rings is 1. The third kappa shape index (κ3) is 6.27. The molecule has 1 aliphatic carbocycles. The normalized spacial score (nSPS) is 16.0. The molecular weight excluding hydrogens is 493 g/mol. The molecule has 0 bridgehead atoms. The van der Waals surface area contributed by atoms with Crippen LogP contribution in [0.5, 0.6) is 0 Å². The Balaban J connectivity index is 1.50. The molecule has 0 radical (unpaired) electrons. The summed E-state index contributed by atoms with van der Waals surface area (Å²) in [4.78, 5) is 40.1. The van der Waals surface area contributed by atoms with Gasteiger partial charge in [-0.05, 0) is 25.0 Å². The van der Waals surface area contributed by atoms with Crippen LogP contribution in [-0.2, 0) is 14.2 Å². The second kappa shape index (κ2) is 12.0. The molecular formula is C28H30FN3O6. The summed E-state index contributed by atoms with van der Waals surface area (Å²) in [6, 6.07) is 2.96. The van der Waals surface area contributed by atoms with Crippen LogP contribution in [0, 0.1) is 36.4 Å². The van der Waals surface area contributed by atoms with Crippen molar-refractivity contribution in [3.8, 4) is 24.7 Å². The van der Waals surface area contributed by atoms with Crippen molar-refractivity contribution in [3.63, 3.8) is 0 Å². The van der Waals surface area contributed by atoms with Crippen LogP contribution in [0.1, 0.15) is 49.0 Å². The maximum Gasteiger partial charge on any atom is 0.511 e. The Bertz CT molecular complexity index is 1330. The highest BCUT2D eigenvalue weighted by molar-refractivity contribution is 5.94. The number of hydrogen-bond acceptors (Lipinski definition) is 8. The molecule has 1 N–H and O–H groups in total.